The van der Waals surface area contributed by atoms with E-state index in [1.807, 2.05) is 0 Å². The fourth-order valence-corrected chi connectivity index (χ4v) is 1.88. The minimum atomic E-state index is -4.34. The van der Waals surface area contributed by atoms with Crippen LogP contribution in [-0.4, -0.2) is 36.8 Å². The van der Waals surface area contributed by atoms with Gasteiger partial charge in [-0.3, -0.25) is 0 Å². The van der Waals surface area contributed by atoms with Crippen LogP contribution in [0.4, 0.5) is 24.7 Å². The largest absolute Gasteiger partial charge is 0.465 e. The first-order valence-electron chi connectivity index (χ1n) is 5.99. The van der Waals surface area contributed by atoms with Gasteiger partial charge in [0.2, 0.25) is 0 Å². The summed E-state index contributed by atoms with van der Waals surface area (Å²) in [6, 6.07) is 1.05. The van der Waals surface area contributed by atoms with Gasteiger partial charge in [0, 0.05) is 6.04 Å². The third-order valence-electron chi connectivity index (χ3n) is 2.96. The Morgan fingerprint density at radius 2 is 2.20 bits per heavy atom. The summed E-state index contributed by atoms with van der Waals surface area (Å²) in [6.45, 7) is -1.10. The summed E-state index contributed by atoms with van der Waals surface area (Å²) in [6.07, 6.45) is -1.81. The van der Waals surface area contributed by atoms with Crippen LogP contribution in [-0.2, 0) is 4.74 Å². The second-order valence-corrected chi connectivity index (χ2v) is 4.60. The van der Waals surface area contributed by atoms with E-state index >= 15 is 0 Å². The average molecular weight is 289 g/mol. The molecule has 0 aromatic carbocycles. The van der Waals surface area contributed by atoms with Gasteiger partial charge in [-0.05, 0) is 18.9 Å². The van der Waals surface area contributed by atoms with E-state index in [1.54, 1.807) is 0 Å². The summed E-state index contributed by atoms with van der Waals surface area (Å²) < 4.78 is 42.3. The number of nitrogen functional groups attached to an aromatic ring is 1. The summed E-state index contributed by atoms with van der Waals surface area (Å²) in [5.74, 6) is -0.617. The third-order valence-corrected chi connectivity index (χ3v) is 2.96. The molecule has 1 saturated carbocycles. The summed E-state index contributed by atoms with van der Waals surface area (Å²) >= 11 is 0. The van der Waals surface area contributed by atoms with Crippen LogP contribution in [0.15, 0.2) is 12.3 Å². The van der Waals surface area contributed by atoms with E-state index < -0.39 is 18.7 Å². The Hall–Kier alpha value is -1.99. The van der Waals surface area contributed by atoms with Crippen LogP contribution in [0.5, 0.6) is 0 Å². The molecule has 0 spiro atoms. The zero-order valence-corrected chi connectivity index (χ0v) is 10.8. The number of ether oxygens (including phenoxy) is 1. The minimum absolute atomic E-state index is 0.0188. The van der Waals surface area contributed by atoms with Gasteiger partial charge < -0.3 is 15.4 Å². The first-order valence-corrected chi connectivity index (χ1v) is 5.99. The van der Waals surface area contributed by atoms with Gasteiger partial charge in [-0.25, -0.2) is 9.78 Å². The first kappa shape index (κ1) is 14.4. The smallest absolute Gasteiger partial charge is 0.405 e. The van der Waals surface area contributed by atoms with Crippen molar-refractivity contribution < 1.29 is 22.7 Å². The van der Waals surface area contributed by atoms with Crippen molar-refractivity contribution >= 4 is 17.5 Å². The number of hydrogen-bond acceptors (Lipinski definition) is 5. The normalized spacial score (nSPS) is 15.0. The molecule has 1 aromatic heterocycles. The van der Waals surface area contributed by atoms with Crippen LogP contribution < -0.4 is 10.6 Å². The Balaban J connectivity index is 2.32. The lowest BCUT2D eigenvalue weighted by Gasteiger charge is -2.25. The third kappa shape index (κ3) is 3.31. The van der Waals surface area contributed by atoms with E-state index in [1.165, 1.54) is 19.4 Å². The van der Waals surface area contributed by atoms with Crippen molar-refractivity contribution in [3.8, 4) is 0 Å². The van der Waals surface area contributed by atoms with Crippen LogP contribution >= 0.6 is 0 Å². The molecule has 1 heterocycles. The number of rotatable bonds is 4. The zero-order chi connectivity index (χ0) is 14.9. The molecule has 0 amide bonds. The van der Waals surface area contributed by atoms with Crippen LogP contribution in [0.25, 0.3) is 0 Å². The second kappa shape index (κ2) is 5.18. The summed E-state index contributed by atoms with van der Waals surface area (Å²) in [5, 5.41) is 0. The number of nitrogens with two attached hydrogens (primary N) is 1. The number of aromatic nitrogens is 1. The Bertz CT molecular complexity index is 515. The fraction of sp³-hybridized carbons (Fsp3) is 0.500. The number of halogens is 3. The quantitative estimate of drug-likeness (QED) is 0.858. The van der Waals surface area contributed by atoms with Gasteiger partial charge in [-0.1, -0.05) is 0 Å². The Labute approximate surface area is 113 Å². The van der Waals surface area contributed by atoms with Crippen molar-refractivity contribution in [1.29, 1.82) is 0 Å². The van der Waals surface area contributed by atoms with Crippen molar-refractivity contribution in [2.45, 2.75) is 25.1 Å². The fourth-order valence-electron chi connectivity index (χ4n) is 1.88. The van der Waals surface area contributed by atoms with Gasteiger partial charge in [0.25, 0.3) is 0 Å². The summed E-state index contributed by atoms with van der Waals surface area (Å²) in [4.78, 5) is 16.5. The maximum absolute atomic E-state index is 12.6. The summed E-state index contributed by atoms with van der Waals surface area (Å²) in [7, 11) is 1.18. The van der Waals surface area contributed by atoms with Gasteiger partial charge in [-0.2, -0.15) is 13.2 Å². The number of carbonyl (C=O) groups is 1. The highest BCUT2D eigenvalue weighted by Gasteiger charge is 2.39. The van der Waals surface area contributed by atoms with Gasteiger partial charge >= 0.3 is 12.1 Å². The number of carbonyl (C=O) groups excluding carboxylic acids is 1. The lowest BCUT2D eigenvalue weighted by molar-refractivity contribution is -0.120. The monoisotopic (exact) mass is 289 g/mol. The van der Waals surface area contributed by atoms with Crippen LogP contribution in [0.1, 0.15) is 23.2 Å². The highest BCUT2D eigenvalue weighted by atomic mass is 19.4. The molecule has 0 radical (unpaired) electrons. The molecule has 1 fully saturated rings. The molecule has 1 aliphatic carbocycles. The maximum Gasteiger partial charge on any atom is 0.405 e. The highest BCUT2D eigenvalue weighted by molar-refractivity contribution is 5.95. The van der Waals surface area contributed by atoms with Crippen molar-refractivity contribution in [1.82, 2.24) is 4.98 Å². The predicted octanol–water partition coefficient (Wildman–Crippen LogP) is 1.98. The van der Waals surface area contributed by atoms with E-state index in [2.05, 4.69) is 9.72 Å². The number of pyridine rings is 1. The molecule has 110 valence electrons. The Morgan fingerprint density at radius 1 is 1.55 bits per heavy atom. The Morgan fingerprint density at radius 3 is 2.70 bits per heavy atom. The van der Waals surface area contributed by atoms with Gasteiger partial charge in [0.15, 0.2) is 0 Å². The standard InChI is InChI=1S/C12H14F3N3O2/c1-20-11(19)8-4-10(17-5-9(8)16)18(7-2-3-7)6-12(13,14)15/h4-5,7H,2-3,6,16H2,1H3. The first-order chi connectivity index (χ1) is 9.31. The van der Waals surface area contributed by atoms with Crippen LogP contribution in [0, 0.1) is 0 Å². The molecule has 1 aliphatic rings. The molecule has 0 saturated heterocycles. The molecule has 2 N–H and O–H groups in total. The lowest BCUT2D eigenvalue weighted by atomic mass is 10.2. The van der Waals surface area contributed by atoms with Gasteiger partial charge in [0.1, 0.15) is 12.4 Å². The molecule has 0 atom stereocenters. The molecule has 0 bridgehead atoms. The van der Waals surface area contributed by atoms with Crippen molar-refractivity contribution in [3.05, 3.63) is 17.8 Å². The molecule has 1 aromatic rings. The van der Waals surface area contributed by atoms with Crippen molar-refractivity contribution in [2.75, 3.05) is 24.3 Å². The van der Waals surface area contributed by atoms with E-state index in [4.69, 9.17) is 5.73 Å². The second-order valence-electron chi connectivity index (χ2n) is 4.60. The predicted molar refractivity (Wildman–Crippen MR) is 66.4 cm³/mol. The van der Waals surface area contributed by atoms with Crippen molar-refractivity contribution in [2.24, 2.45) is 0 Å². The number of alkyl halides is 3. The zero-order valence-electron chi connectivity index (χ0n) is 10.8. The number of nitrogens with zero attached hydrogens (tertiary/aromatic N) is 2. The molecule has 0 unspecified atom stereocenters. The number of methoxy groups -OCH3 is 1. The SMILES string of the molecule is COC(=O)c1cc(N(CC(F)(F)F)C2CC2)ncc1N. The van der Waals surface area contributed by atoms with Crippen LogP contribution in [0.3, 0.4) is 0 Å². The summed E-state index contributed by atoms with van der Waals surface area (Å²) in [5.41, 5.74) is 5.67. The van der Waals surface area contributed by atoms with Crippen molar-refractivity contribution in [3.63, 3.8) is 0 Å². The number of anilines is 2. The van der Waals surface area contributed by atoms with Gasteiger partial charge in [-0.15, -0.1) is 0 Å². The highest BCUT2D eigenvalue weighted by Crippen LogP contribution is 2.34. The molecule has 2 rings (SSSR count). The van der Waals surface area contributed by atoms with E-state index in [0.717, 1.165) is 4.90 Å². The minimum Gasteiger partial charge on any atom is -0.465 e. The van der Waals surface area contributed by atoms with E-state index in [0.29, 0.717) is 12.8 Å². The van der Waals surface area contributed by atoms with Gasteiger partial charge in [0.05, 0.1) is 24.6 Å². The molecule has 0 aliphatic heterocycles. The van der Waals surface area contributed by atoms with E-state index in [-0.39, 0.29) is 23.1 Å². The Kier molecular flexibility index (Phi) is 3.74. The average Bonchev–Trinajstić information content (AvgIpc) is 3.19. The van der Waals surface area contributed by atoms with E-state index in [9.17, 15) is 18.0 Å². The molecular weight excluding hydrogens is 275 g/mol. The lowest BCUT2D eigenvalue weighted by Crippen LogP contribution is -2.36. The molecule has 8 heteroatoms. The molecular formula is C12H14F3N3O2. The molecule has 5 nitrogen and oxygen atoms in total. The van der Waals surface area contributed by atoms with Crippen LogP contribution in [0.2, 0.25) is 0 Å². The number of hydrogen-bond donors (Lipinski definition) is 1. The molecule has 20 heavy (non-hydrogen) atoms. The maximum atomic E-state index is 12.6. The topological polar surface area (TPSA) is 68.5 Å². The number of esters is 1.